The Hall–Kier alpha value is -3.59. The molecule has 0 radical (unpaired) electrons. The van der Waals surface area contributed by atoms with Crippen molar-refractivity contribution < 1.29 is 33.7 Å². The zero-order valence-electron chi connectivity index (χ0n) is 22.8. The van der Waals surface area contributed by atoms with Gasteiger partial charge in [-0.25, -0.2) is 4.79 Å². The predicted octanol–water partition coefficient (Wildman–Crippen LogP) is 4.77. The van der Waals surface area contributed by atoms with Crippen LogP contribution in [0, 0.1) is 5.92 Å². The third-order valence-electron chi connectivity index (χ3n) is 6.98. The number of oxime groups is 1. The van der Waals surface area contributed by atoms with Crippen molar-refractivity contribution in [1.29, 1.82) is 0 Å². The van der Waals surface area contributed by atoms with Gasteiger partial charge in [-0.2, -0.15) is 0 Å². The molecule has 0 aromatic heterocycles. The molecule has 0 aliphatic heterocycles. The summed E-state index contributed by atoms with van der Waals surface area (Å²) < 4.78 is 16.8. The minimum atomic E-state index is -1.14. The molecule has 2 unspecified atom stereocenters. The summed E-state index contributed by atoms with van der Waals surface area (Å²) in [6.45, 7) is 4.76. The Kier molecular flexibility index (Phi) is 10.5. The fourth-order valence-corrected chi connectivity index (χ4v) is 4.91. The van der Waals surface area contributed by atoms with Crippen molar-refractivity contribution in [3.05, 3.63) is 47.5 Å². The molecular weight excluding hydrogens is 488 g/mol. The van der Waals surface area contributed by atoms with E-state index in [4.69, 9.17) is 19.0 Å². The first-order chi connectivity index (χ1) is 18.3. The minimum absolute atomic E-state index is 0.0242. The van der Waals surface area contributed by atoms with Gasteiger partial charge < -0.3 is 29.5 Å². The number of hydrogen-bond donors (Lipinski definition) is 2. The number of carbonyl (C=O) groups is 2. The molecule has 9 heteroatoms. The lowest BCUT2D eigenvalue weighted by Gasteiger charge is -2.23. The van der Waals surface area contributed by atoms with E-state index in [2.05, 4.69) is 10.5 Å². The second kappa shape index (κ2) is 13.8. The van der Waals surface area contributed by atoms with E-state index < -0.39 is 23.8 Å². The molecule has 0 heterocycles. The van der Waals surface area contributed by atoms with Gasteiger partial charge in [0.1, 0.15) is 30.4 Å². The smallest absolute Gasteiger partial charge is 0.326 e. The molecule has 2 N–H and O–H groups in total. The van der Waals surface area contributed by atoms with Gasteiger partial charge in [-0.3, -0.25) is 4.79 Å². The molecule has 1 amide bonds. The van der Waals surface area contributed by atoms with Crippen molar-refractivity contribution in [2.75, 3.05) is 27.9 Å². The number of nitrogens with one attached hydrogen (secondary N) is 1. The third kappa shape index (κ3) is 6.83. The Labute approximate surface area is 224 Å². The van der Waals surface area contributed by atoms with E-state index in [1.807, 2.05) is 43.3 Å². The molecule has 2 aromatic carbocycles. The van der Waals surface area contributed by atoms with Gasteiger partial charge in [-0.1, -0.05) is 49.2 Å². The number of benzene rings is 2. The van der Waals surface area contributed by atoms with E-state index in [1.165, 1.54) is 7.11 Å². The lowest BCUT2D eigenvalue weighted by Crippen LogP contribution is -2.48. The van der Waals surface area contributed by atoms with Crippen molar-refractivity contribution in [3.8, 4) is 22.6 Å². The van der Waals surface area contributed by atoms with Crippen molar-refractivity contribution >= 4 is 17.6 Å². The first-order valence-corrected chi connectivity index (χ1v) is 12.9. The predicted molar refractivity (Wildman–Crippen MR) is 145 cm³/mol. The van der Waals surface area contributed by atoms with E-state index in [9.17, 15) is 14.7 Å². The van der Waals surface area contributed by atoms with Gasteiger partial charge in [0.25, 0.3) is 5.91 Å². The van der Waals surface area contributed by atoms with Crippen LogP contribution in [0.25, 0.3) is 11.1 Å². The van der Waals surface area contributed by atoms with Crippen molar-refractivity contribution in [2.45, 2.75) is 58.1 Å². The van der Waals surface area contributed by atoms with Crippen molar-refractivity contribution in [2.24, 2.45) is 11.1 Å². The molecule has 1 aliphatic rings. The van der Waals surface area contributed by atoms with Crippen LogP contribution in [0.3, 0.4) is 0 Å². The first-order valence-electron chi connectivity index (χ1n) is 12.9. The second-order valence-electron chi connectivity index (χ2n) is 9.35. The summed E-state index contributed by atoms with van der Waals surface area (Å²) in [6, 6.07) is 10.2. The highest BCUT2D eigenvalue weighted by molar-refractivity contribution is 6.39. The number of nitrogens with zero attached hydrogens (tertiary/aromatic N) is 1. The number of hydrogen-bond acceptors (Lipinski definition) is 7. The van der Waals surface area contributed by atoms with Crippen LogP contribution in [0.4, 0.5) is 0 Å². The molecule has 0 bridgehead atoms. The van der Waals surface area contributed by atoms with Crippen molar-refractivity contribution in [1.82, 2.24) is 5.32 Å². The van der Waals surface area contributed by atoms with Crippen LogP contribution in [0.15, 0.2) is 41.6 Å². The quantitative estimate of drug-likeness (QED) is 0.285. The van der Waals surface area contributed by atoms with E-state index >= 15 is 0 Å². The van der Waals surface area contributed by atoms with Crippen LogP contribution in [0.2, 0.25) is 0 Å². The summed E-state index contributed by atoms with van der Waals surface area (Å²) in [5, 5.41) is 16.6. The number of rotatable bonds is 13. The van der Waals surface area contributed by atoms with Crippen LogP contribution >= 0.6 is 0 Å². The Balaban J connectivity index is 1.85. The van der Waals surface area contributed by atoms with E-state index in [-0.39, 0.29) is 11.6 Å². The Morgan fingerprint density at radius 2 is 1.66 bits per heavy atom. The zero-order chi connectivity index (χ0) is 27.7. The van der Waals surface area contributed by atoms with Crippen LogP contribution in [0.1, 0.15) is 56.6 Å². The van der Waals surface area contributed by atoms with Crippen LogP contribution in [-0.2, 0) is 25.8 Å². The molecule has 0 saturated heterocycles. The molecule has 9 nitrogen and oxygen atoms in total. The molecule has 2 aromatic rings. The lowest BCUT2D eigenvalue weighted by molar-refractivity contribution is -0.141. The van der Waals surface area contributed by atoms with Gasteiger partial charge in [0.15, 0.2) is 0 Å². The summed E-state index contributed by atoms with van der Waals surface area (Å²) in [6.07, 6.45) is 3.70. The molecule has 206 valence electrons. The molecule has 1 fully saturated rings. The minimum Gasteiger partial charge on any atom is -0.496 e. The molecule has 3 rings (SSSR count). The van der Waals surface area contributed by atoms with Gasteiger partial charge in [0, 0.05) is 18.4 Å². The summed E-state index contributed by atoms with van der Waals surface area (Å²) >= 11 is 0. The fourth-order valence-electron chi connectivity index (χ4n) is 4.91. The number of amides is 1. The zero-order valence-corrected chi connectivity index (χ0v) is 22.8. The monoisotopic (exact) mass is 526 g/mol. The standard InChI is InChI=1S/C29H38N2O7/c1-6-38-17-19-15-23(35-3)25(24(16-19)36-4)21-13-11-20(12-14-21)18(2)26(29(33)34)30-28(32)27(31-37-5)22-9-7-8-10-22/h11-16,18,22,26H,6-10,17H2,1-5H3,(H,30,32)(H,33,34)/b31-27-. The Morgan fingerprint density at radius 1 is 1.05 bits per heavy atom. The normalized spacial score (nSPS) is 15.6. The highest BCUT2D eigenvalue weighted by Gasteiger charge is 2.33. The summed E-state index contributed by atoms with van der Waals surface area (Å²) in [5.41, 5.74) is 3.59. The third-order valence-corrected chi connectivity index (χ3v) is 6.98. The molecule has 0 spiro atoms. The molecule has 2 atom stereocenters. The first kappa shape index (κ1) is 29.0. The SMILES string of the molecule is CCOCc1cc(OC)c(-c2ccc(C(C)C(NC(=O)/C(=N\OC)C3CCCC3)C(=O)O)cc2)c(OC)c1. The lowest BCUT2D eigenvalue weighted by atomic mass is 9.90. The number of carboxylic acid groups (broad SMARTS) is 1. The van der Waals surface area contributed by atoms with Gasteiger partial charge in [-0.05, 0) is 48.6 Å². The van der Waals surface area contributed by atoms with Gasteiger partial charge in [0.05, 0.1) is 26.4 Å². The average molecular weight is 527 g/mol. The molecule has 38 heavy (non-hydrogen) atoms. The highest BCUT2D eigenvalue weighted by Crippen LogP contribution is 2.40. The maximum Gasteiger partial charge on any atom is 0.326 e. The molecular formula is C29H38N2O7. The maximum atomic E-state index is 13.0. The number of carboxylic acids is 1. The summed E-state index contributed by atoms with van der Waals surface area (Å²) in [7, 11) is 4.59. The van der Waals surface area contributed by atoms with E-state index in [1.54, 1.807) is 21.1 Å². The summed E-state index contributed by atoms with van der Waals surface area (Å²) in [5.74, 6) is -0.860. The van der Waals surface area contributed by atoms with Crippen LogP contribution in [0.5, 0.6) is 11.5 Å². The van der Waals surface area contributed by atoms with E-state index in [0.717, 1.165) is 47.9 Å². The number of aliphatic carboxylic acids is 1. The largest absolute Gasteiger partial charge is 0.496 e. The Bertz CT molecular complexity index is 1100. The van der Waals surface area contributed by atoms with Gasteiger partial charge in [0.2, 0.25) is 0 Å². The maximum absolute atomic E-state index is 13.0. The van der Waals surface area contributed by atoms with Gasteiger partial charge >= 0.3 is 5.97 Å². The average Bonchev–Trinajstić information content (AvgIpc) is 3.47. The fraction of sp³-hybridized carbons (Fsp3) is 0.483. The molecule has 1 saturated carbocycles. The highest BCUT2D eigenvalue weighted by atomic mass is 16.6. The number of ether oxygens (including phenoxy) is 3. The van der Waals surface area contributed by atoms with E-state index in [0.29, 0.717) is 24.7 Å². The number of carbonyl (C=O) groups excluding carboxylic acids is 1. The summed E-state index contributed by atoms with van der Waals surface area (Å²) in [4.78, 5) is 30.1. The van der Waals surface area contributed by atoms with Crippen molar-refractivity contribution in [3.63, 3.8) is 0 Å². The topological polar surface area (TPSA) is 116 Å². The van der Waals surface area contributed by atoms with Crippen LogP contribution < -0.4 is 14.8 Å². The number of methoxy groups -OCH3 is 2. The Morgan fingerprint density at radius 3 is 2.16 bits per heavy atom. The van der Waals surface area contributed by atoms with Crippen LogP contribution in [-0.4, -0.2) is 56.7 Å². The molecule has 1 aliphatic carbocycles. The van der Waals surface area contributed by atoms with Gasteiger partial charge in [-0.15, -0.1) is 0 Å². The second-order valence-corrected chi connectivity index (χ2v) is 9.35.